The minimum absolute atomic E-state index is 0.167. The van der Waals surface area contributed by atoms with E-state index in [-0.39, 0.29) is 5.91 Å². The van der Waals surface area contributed by atoms with Gasteiger partial charge < -0.3 is 4.90 Å². The number of piperidine rings is 1. The number of hydrogen-bond acceptors (Lipinski definition) is 4. The lowest BCUT2D eigenvalue weighted by molar-refractivity contribution is -0.131. The number of amides is 1. The van der Waals surface area contributed by atoms with Crippen LogP contribution < -0.4 is 0 Å². The lowest BCUT2D eigenvalue weighted by atomic mass is 10.0. The molecule has 122 valence electrons. The number of H-pyrrole nitrogens is 1. The van der Waals surface area contributed by atoms with Crippen LogP contribution in [0.4, 0.5) is 0 Å². The Morgan fingerprint density at radius 3 is 2.91 bits per heavy atom. The second kappa shape index (κ2) is 7.36. The quantitative estimate of drug-likeness (QED) is 0.855. The number of aromatic amines is 1. The van der Waals surface area contributed by atoms with E-state index < -0.39 is 0 Å². The van der Waals surface area contributed by atoms with Crippen molar-refractivity contribution in [3.05, 3.63) is 29.3 Å². The van der Waals surface area contributed by atoms with E-state index in [4.69, 9.17) is 11.6 Å². The van der Waals surface area contributed by atoms with E-state index in [1.165, 1.54) is 18.2 Å². The standard InChI is InChI=1S/C16H19ClN4OS/c1-11-4-2-3-9-21(11)14(22)10-23-16-18-15(19-20-16)12-5-7-13(17)8-6-12/h5-8,11H,2-4,9-10H2,1H3,(H,18,19,20). The van der Waals surface area contributed by atoms with Crippen LogP contribution in [0, 0.1) is 0 Å². The Morgan fingerprint density at radius 2 is 2.17 bits per heavy atom. The van der Waals surface area contributed by atoms with Gasteiger partial charge in [0.1, 0.15) is 0 Å². The van der Waals surface area contributed by atoms with Gasteiger partial charge in [0.25, 0.3) is 0 Å². The summed E-state index contributed by atoms with van der Waals surface area (Å²) >= 11 is 7.25. The molecule has 1 aliphatic rings. The Morgan fingerprint density at radius 1 is 1.39 bits per heavy atom. The summed E-state index contributed by atoms with van der Waals surface area (Å²) in [6.45, 7) is 2.98. The third-order valence-corrected chi connectivity index (χ3v) is 5.11. The topological polar surface area (TPSA) is 61.9 Å². The highest BCUT2D eigenvalue weighted by molar-refractivity contribution is 7.99. The Hall–Kier alpha value is -1.53. The number of nitrogens with zero attached hydrogens (tertiary/aromatic N) is 3. The van der Waals surface area contributed by atoms with Gasteiger partial charge in [0.05, 0.1) is 5.75 Å². The zero-order valence-corrected chi connectivity index (χ0v) is 14.5. The number of rotatable bonds is 4. The first-order chi connectivity index (χ1) is 11.1. The number of benzene rings is 1. The van der Waals surface area contributed by atoms with E-state index >= 15 is 0 Å². The molecule has 1 atom stereocenters. The molecule has 2 aromatic rings. The second-order valence-electron chi connectivity index (χ2n) is 5.69. The van der Waals surface area contributed by atoms with Gasteiger partial charge in [-0.1, -0.05) is 23.4 Å². The minimum atomic E-state index is 0.167. The summed E-state index contributed by atoms with van der Waals surface area (Å²) < 4.78 is 0. The third kappa shape index (κ3) is 4.06. The number of thioether (sulfide) groups is 1. The van der Waals surface area contributed by atoms with Crippen LogP contribution in [0.3, 0.4) is 0 Å². The second-order valence-corrected chi connectivity index (χ2v) is 7.07. The summed E-state index contributed by atoms with van der Waals surface area (Å²) in [6.07, 6.45) is 3.41. The van der Waals surface area contributed by atoms with Crippen molar-refractivity contribution in [2.75, 3.05) is 12.3 Å². The zero-order valence-electron chi connectivity index (χ0n) is 13.0. The van der Waals surface area contributed by atoms with Crippen molar-refractivity contribution < 1.29 is 4.79 Å². The highest BCUT2D eigenvalue weighted by Crippen LogP contribution is 2.22. The minimum Gasteiger partial charge on any atom is -0.339 e. The van der Waals surface area contributed by atoms with Crippen LogP contribution in [0.5, 0.6) is 0 Å². The van der Waals surface area contributed by atoms with Crippen molar-refractivity contribution in [1.29, 1.82) is 0 Å². The van der Waals surface area contributed by atoms with Gasteiger partial charge in [0, 0.05) is 23.2 Å². The third-order valence-electron chi connectivity index (χ3n) is 4.03. The Labute approximate surface area is 144 Å². The van der Waals surface area contributed by atoms with Crippen LogP contribution in [-0.2, 0) is 4.79 Å². The molecule has 1 saturated heterocycles. The number of carbonyl (C=O) groups excluding carboxylic acids is 1. The van der Waals surface area contributed by atoms with E-state index in [2.05, 4.69) is 22.1 Å². The summed E-state index contributed by atoms with van der Waals surface area (Å²) in [6, 6.07) is 7.74. The molecule has 2 heterocycles. The number of nitrogens with one attached hydrogen (secondary N) is 1. The van der Waals surface area contributed by atoms with Crippen LogP contribution >= 0.6 is 23.4 Å². The molecule has 1 aromatic heterocycles. The molecule has 3 rings (SSSR count). The Bertz CT molecular complexity index is 673. The van der Waals surface area contributed by atoms with Gasteiger partial charge >= 0.3 is 0 Å². The first kappa shape index (κ1) is 16.3. The van der Waals surface area contributed by atoms with E-state index in [0.717, 1.165) is 24.9 Å². The molecule has 7 heteroatoms. The fourth-order valence-corrected chi connectivity index (χ4v) is 3.54. The summed E-state index contributed by atoms with van der Waals surface area (Å²) in [5.41, 5.74) is 0.921. The Kier molecular flexibility index (Phi) is 5.23. The molecule has 0 spiro atoms. The molecule has 23 heavy (non-hydrogen) atoms. The van der Waals surface area contributed by atoms with Crippen LogP contribution in [0.1, 0.15) is 26.2 Å². The smallest absolute Gasteiger partial charge is 0.233 e. The van der Waals surface area contributed by atoms with Crippen LogP contribution in [0.2, 0.25) is 5.02 Å². The first-order valence-electron chi connectivity index (χ1n) is 7.74. The van der Waals surface area contributed by atoms with Gasteiger partial charge in [-0.05, 0) is 50.5 Å². The molecule has 1 amide bonds. The lowest BCUT2D eigenvalue weighted by Gasteiger charge is -2.33. The largest absolute Gasteiger partial charge is 0.339 e. The molecule has 1 aliphatic heterocycles. The van der Waals surface area contributed by atoms with E-state index in [0.29, 0.717) is 27.8 Å². The SMILES string of the molecule is CC1CCCCN1C(=O)CSc1n[nH]c(-c2ccc(Cl)cc2)n1. The van der Waals surface area contributed by atoms with Crippen LogP contribution in [-0.4, -0.2) is 44.3 Å². The van der Waals surface area contributed by atoms with E-state index in [9.17, 15) is 4.79 Å². The van der Waals surface area contributed by atoms with Crippen molar-refractivity contribution in [3.8, 4) is 11.4 Å². The monoisotopic (exact) mass is 350 g/mol. The Balaban J connectivity index is 1.58. The molecular weight excluding hydrogens is 332 g/mol. The van der Waals surface area contributed by atoms with Crippen molar-refractivity contribution in [2.24, 2.45) is 0 Å². The lowest BCUT2D eigenvalue weighted by Crippen LogP contribution is -2.42. The van der Waals surface area contributed by atoms with Gasteiger partial charge in [-0.25, -0.2) is 4.98 Å². The van der Waals surface area contributed by atoms with Gasteiger partial charge in [0.2, 0.25) is 11.1 Å². The average Bonchev–Trinajstić information content (AvgIpc) is 3.03. The molecule has 1 fully saturated rings. The molecule has 0 radical (unpaired) electrons. The maximum absolute atomic E-state index is 12.3. The maximum atomic E-state index is 12.3. The fourth-order valence-electron chi connectivity index (χ4n) is 2.73. The molecule has 0 bridgehead atoms. The van der Waals surface area contributed by atoms with E-state index in [1.54, 1.807) is 0 Å². The summed E-state index contributed by atoms with van der Waals surface area (Å²) in [4.78, 5) is 18.7. The van der Waals surface area contributed by atoms with Crippen LogP contribution in [0.15, 0.2) is 29.4 Å². The molecule has 1 N–H and O–H groups in total. The molecular formula is C16H19ClN4OS. The predicted molar refractivity (Wildman–Crippen MR) is 92.6 cm³/mol. The summed E-state index contributed by atoms with van der Waals surface area (Å²) in [7, 11) is 0. The van der Waals surface area contributed by atoms with Gasteiger partial charge in [-0.3, -0.25) is 9.89 Å². The van der Waals surface area contributed by atoms with Crippen molar-refractivity contribution in [2.45, 2.75) is 37.4 Å². The van der Waals surface area contributed by atoms with E-state index in [1.807, 2.05) is 29.2 Å². The maximum Gasteiger partial charge on any atom is 0.233 e. The summed E-state index contributed by atoms with van der Waals surface area (Å²) in [5, 5.41) is 8.35. The average molecular weight is 351 g/mol. The highest BCUT2D eigenvalue weighted by atomic mass is 35.5. The molecule has 0 aliphatic carbocycles. The number of carbonyl (C=O) groups is 1. The zero-order chi connectivity index (χ0) is 16.2. The van der Waals surface area contributed by atoms with Crippen molar-refractivity contribution in [3.63, 3.8) is 0 Å². The predicted octanol–water partition coefficient (Wildman–Crippen LogP) is 3.62. The normalized spacial score (nSPS) is 18.2. The molecule has 0 saturated carbocycles. The summed E-state index contributed by atoms with van der Waals surface area (Å²) in [5.74, 6) is 1.23. The molecule has 1 aromatic carbocycles. The number of hydrogen-bond donors (Lipinski definition) is 1. The number of likely N-dealkylation sites (tertiary alicyclic amines) is 1. The number of aromatic nitrogens is 3. The fraction of sp³-hybridized carbons (Fsp3) is 0.438. The van der Waals surface area contributed by atoms with Gasteiger partial charge in [0.15, 0.2) is 5.82 Å². The van der Waals surface area contributed by atoms with Gasteiger partial charge in [-0.15, -0.1) is 5.10 Å². The van der Waals surface area contributed by atoms with Crippen molar-refractivity contribution >= 4 is 29.3 Å². The molecule has 5 nitrogen and oxygen atoms in total. The molecule has 1 unspecified atom stereocenters. The highest BCUT2D eigenvalue weighted by Gasteiger charge is 2.23. The van der Waals surface area contributed by atoms with Gasteiger partial charge in [-0.2, -0.15) is 0 Å². The van der Waals surface area contributed by atoms with Crippen LogP contribution in [0.25, 0.3) is 11.4 Å². The first-order valence-corrected chi connectivity index (χ1v) is 9.10. The van der Waals surface area contributed by atoms with Crippen molar-refractivity contribution in [1.82, 2.24) is 20.1 Å². The number of halogens is 1.